The normalized spacial score (nSPS) is 13.1. The zero-order chi connectivity index (χ0) is 13.2. The van der Waals surface area contributed by atoms with Gasteiger partial charge >= 0.3 is 5.97 Å². The number of non-ortho nitro benzene ring substituents is 1. The minimum atomic E-state index is -1.62. The Balaban J connectivity index is 3.19. The summed E-state index contributed by atoms with van der Waals surface area (Å²) >= 11 is 0. The summed E-state index contributed by atoms with van der Waals surface area (Å²) in [6, 6.07) is 5.60. The summed E-state index contributed by atoms with van der Waals surface area (Å²) < 4.78 is 0. The molecule has 6 nitrogen and oxygen atoms in total. The van der Waals surface area contributed by atoms with Crippen LogP contribution in [0.25, 0.3) is 0 Å². The first kappa shape index (κ1) is 13.1. The summed E-state index contributed by atoms with van der Waals surface area (Å²) in [4.78, 5) is 20.8. The highest BCUT2D eigenvalue weighted by Gasteiger charge is 2.35. The number of benzene rings is 1. The largest absolute Gasteiger partial charge is 0.479 e. The summed E-state index contributed by atoms with van der Waals surface area (Å²) in [6.45, 7) is 3.04. The molecule has 6 heteroatoms. The molecule has 0 aliphatic rings. The molecule has 0 saturated carbocycles. The Bertz CT molecular complexity index is 455. The summed E-state index contributed by atoms with van der Waals surface area (Å²) in [5.41, 5.74) is -0.826. The summed E-state index contributed by atoms with van der Waals surface area (Å²) in [6.07, 6.45) is -1.62. The second kappa shape index (κ2) is 4.50. The lowest BCUT2D eigenvalue weighted by atomic mass is 9.79. The molecular weight excluding hydrogens is 226 g/mol. The quantitative estimate of drug-likeness (QED) is 0.609. The van der Waals surface area contributed by atoms with Crippen LogP contribution in [-0.4, -0.2) is 27.2 Å². The predicted octanol–water partition coefficient (Wildman–Crippen LogP) is 1.32. The molecule has 1 rings (SSSR count). The molecule has 1 aromatic carbocycles. The third kappa shape index (κ3) is 2.59. The molecule has 17 heavy (non-hydrogen) atoms. The standard InChI is InChI=1S/C11H13NO5/c1-11(2,9(13)10(14)15)7-4-3-5-8(6-7)12(16)17/h3-6,9,13H,1-2H3,(H,14,15). The van der Waals surface area contributed by atoms with Crippen LogP contribution in [0.5, 0.6) is 0 Å². The number of carboxylic acids is 1. The number of aliphatic hydroxyl groups excluding tert-OH is 1. The second-order valence-corrected chi connectivity index (χ2v) is 4.27. The Kier molecular flexibility index (Phi) is 3.47. The average Bonchev–Trinajstić information content (AvgIpc) is 2.28. The fourth-order valence-corrected chi connectivity index (χ4v) is 1.49. The van der Waals surface area contributed by atoms with Gasteiger partial charge in [0.25, 0.3) is 5.69 Å². The van der Waals surface area contributed by atoms with Gasteiger partial charge in [0.15, 0.2) is 6.10 Å². The van der Waals surface area contributed by atoms with Gasteiger partial charge in [-0.2, -0.15) is 0 Å². The van der Waals surface area contributed by atoms with Crippen molar-refractivity contribution in [2.45, 2.75) is 25.4 Å². The first-order chi connectivity index (χ1) is 7.76. The minimum absolute atomic E-state index is 0.131. The fraction of sp³-hybridized carbons (Fsp3) is 0.364. The fourth-order valence-electron chi connectivity index (χ4n) is 1.49. The third-order valence-corrected chi connectivity index (χ3v) is 2.72. The summed E-state index contributed by atoms with van der Waals surface area (Å²) in [7, 11) is 0. The molecule has 0 radical (unpaired) electrons. The van der Waals surface area contributed by atoms with Gasteiger partial charge in [0.1, 0.15) is 0 Å². The lowest BCUT2D eigenvalue weighted by Crippen LogP contribution is -2.39. The number of hydrogen-bond donors (Lipinski definition) is 2. The first-order valence-corrected chi connectivity index (χ1v) is 4.92. The van der Waals surface area contributed by atoms with E-state index in [1.807, 2.05) is 0 Å². The molecule has 1 unspecified atom stereocenters. The molecule has 0 spiro atoms. The molecule has 0 aliphatic heterocycles. The van der Waals surface area contributed by atoms with Gasteiger partial charge < -0.3 is 10.2 Å². The molecule has 1 atom stereocenters. The molecule has 0 saturated heterocycles. The zero-order valence-electron chi connectivity index (χ0n) is 9.45. The van der Waals surface area contributed by atoms with E-state index in [-0.39, 0.29) is 5.69 Å². The van der Waals surface area contributed by atoms with E-state index in [9.17, 15) is 20.0 Å². The summed E-state index contributed by atoms with van der Waals surface area (Å²) in [5, 5.41) is 29.0. The monoisotopic (exact) mass is 239 g/mol. The maximum absolute atomic E-state index is 10.8. The van der Waals surface area contributed by atoms with E-state index in [0.29, 0.717) is 5.56 Å². The Labute approximate surface area is 97.7 Å². The molecule has 1 aromatic rings. The number of nitro benzene ring substituents is 1. The Hall–Kier alpha value is -1.95. The Morgan fingerprint density at radius 2 is 2.06 bits per heavy atom. The molecule has 0 fully saturated rings. The number of carbonyl (C=O) groups is 1. The van der Waals surface area contributed by atoms with Gasteiger partial charge in [-0.05, 0) is 5.56 Å². The highest BCUT2D eigenvalue weighted by molar-refractivity contribution is 5.74. The van der Waals surface area contributed by atoms with Crippen LogP contribution >= 0.6 is 0 Å². The first-order valence-electron chi connectivity index (χ1n) is 4.92. The van der Waals surface area contributed by atoms with Crippen molar-refractivity contribution in [3.05, 3.63) is 39.9 Å². The van der Waals surface area contributed by atoms with Crippen molar-refractivity contribution < 1.29 is 19.9 Å². The lowest BCUT2D eigenvalue weighted by Gasteiger charge is -2.27. The number of rotatable bonds is 4. The molecule has 0 heterocycles. The smallest absolute Gasteiger partial charge is 0.333 e. The molecule has 0 aliphatic carbocycles. The molecule has 92 valence electrons. The van der Waals surface area contributed by atoms with Crippen molar-refractivity contribution in [2.24, 2.45) is 0 Å². The van der Waals surface area contributed by atoms with Crippen molar-refractivity contribution >= 4 is 11.7 Å². The molecular formula is C11H13NO5. The van der Waals surface area contributed by atoms with Gasteiger partial charge in [-0.3, -0.25) is 10.1 Å². The SMILES string of the molecule is CC(C)(c1cccc([N+](=O)[O-])c1)C(O)C(=O)O. The highest BCUT2D eigenvalue weighted by Crippen LogP contribution is 2.29. The van der Waals surface area contributed by atoms with E-state index in [2.05, 4.69) is 0 Å². The van der Waals surface area contributed by atoms with Crippen molar-refractivity contribution in [3.63, 3.8) is 0 Å². The van der Waals surface area contributed by atoms with E-state index in [1.165, 1.54) is 32.0 Å². The topological polar surface area (TPSA) is 101 Å². The van der Waals surface area contributed by atoms with Crippen LogP contribution in [0.3, 0.4) is 0 Å². The minimum Gasteiger partial charge on any atom is -0.479 e. The molecule has 2 N–H and O–H groups in total. The molecule has 0 aromatic heterocycles. The lowest BCUT2D eigenvalue weighted by molar-refractivity contribution is -0.385. The van der Waals surface area contributed by atoms with Crippen molar-refractivity contribution in [3.8, 4) is 0 Å². The maximum atomic E-state index is 10.8. The van der Waals surface area contributed by atoms with E-state index in [0.717, 1.165) is 0 Å². The number of nitrogens with zero attached hydrogens (tertiary/aromatic N) is 1. The van der Waals surface area contributed by atoms with Gasteiger partial charge in [0.05, 0.1) is 4.92 Å². The van der Waals surface area contributed by atoms with E-state index in [1.54, 1.807) is 6.07 Å². The third-order valence-electron chi connectivity index (χ3n) is 2.72. The number of carboxylic acid groups (broad SMARTS) is 1. The number of hydrogen-bond acceptors (Lipinski definition) is 4. The van der Waals surface area contributed by atoms with Crippen LogP contribution in [0.4, 0.5) is 5.69 Å². The van der Waals surface area contributed by atoms with Gasteiger partial charge in [0, 0.05) is 17.5 Å². The van der Waals surface area contributed by atoms with Crippen molar-refractivity contribution in [2.75, 3.05) is 0 Å². The Morgan fingerprint density at radius 3 is 2.53 bits per heavy atom. The molecule has 0 amide bonds. The van der Waals surface area contributed by atoms with Crippen molar-refractivity contribution in [1.29, 1.82) is 0 Å². The van der Waals surface area contributed by atoms with E-state index < -0.39 is 22.4 Å². The maximum Gasteiger partial charge on any atom is 0.333 e. The number of nitro groups is 1. The highest BCUT2D eigenvalue weighted by atomic mass is 16.6. The van der Waals surface area contributed by atoms with Crippen molar-refractivity contribution in [1.82, 2.24) is 0 Å². The summed E-state index contributed by atoms with van der Waals surface area (Å²) in [5.74, 6) is -1.36. The van der Waals surface area contributed by atoms with Crippen LogP contribution in [-0.2, 0) is 10.2 Å². The van der Waals surface area contributed by atoms with Gasteiger partial charge in [0.2, 0.25) is 0 Å². The van der Waals surface area contributed by atoms with Gasteiger partial charge in [-0.25, -0.2) is 4.79 Å². The molecule has 0 bridgehead atoms. The average molecular weight is 239 g/mol. The van der Waals surface area contributed by atoms with Gasteiger partial charge in [-0.15, -0.1) is 0 Å². The van der Waals surface area contributed by atoms with E-state index >= 15 is 0 Å². The van der Waals surface area contributed by atoms with Crippen LogP contribution in [0.15, 0.2) is 24.3 Å². The van der Waals surface area contributed by atoms with Crippen LogP contribution in [0, 0.1) is 10.1 Å². The van der Waals surface area contributed by atoms with Crippen LogP contribution < -0.4 is 0 Å². The second-order valence-electron chi connectivity index (χ2n) is 4.27. The van der Waals surface area contributed by atoms with Crippen LogP contribution in [0.1, 0.15) is 19.4 Å². The zero-order valence-corrected chi connectivity index (χ0v) is 9.45. The number of aliphatic carboxylic acids is 1. The predicted molar refractivity (Wildman–Crippen MR) is 59.8 cm³/mol. The van der Waals surface area contributed by atoms with E-state index in [4.69, 9.17) is 5.11 Å². The number of aliphatic hydroxyl groups is 1. The Morgan fingerprint density at radius 1 is 1.47 bits per heavy atom. The van der Waals surface area contributed by atoms with Gasteiger partial charge in [-0.1, -0.05) is 26.0 Å². The van der Waals surface area contributed by atoms with Crippen LogP contribution in [0.2, 0.25) is 0 Å².